The molecule has 6 nitrogen and oxygen atoms in total. The number of para-hydroxylation sites is 2. The second-order valence-corrected chi connectivity index (χ2v) is 10.6. The van der Waals surface area contributed by atoms with Gasteiger partial charge in [-0.3, -0.25) is 9.59 Å². The third kappa shape index (κ3) is 5.60. The van der Waals surface area contributed by atoms with Crippen LogP contribution in [0, 0.1) is 13.8 Å². The number of carbonyl (C=O) groups is 2. The topological polar surface area (TPSA) is 84.0 Å². The molecule has 0 fully saturated rings. The maximum atomic E-state index is 13.5. The standard InChI is InChI=1S/C37H32N4O2/c1-24-32(28-18-9-11-20-30(28)40-34(24)26-14-5-3-6-15-26)36(42)38-22-13-23-39-37(43)33-25(2)35(27-16-7-4-8-17-27)41-31-21-12-10-19-29(31)33/h3-12,14-21H,13,22-23H2,1-2H3,(H,38,42)(H,39,43). The van der Waals surface area contributed by atoms with Crippen molar-refractivity contribution in [2.24, 2.45) is 0 Å². The van der Waals surface area contributed by atoms with Crippen molar-refractivity contribution in [3.05, 3.63) is 131 Å². The zero-order chi connectivity index (χ0) is 29.8. The van der Waals surface area contributed by atoms with Gasteiger partial charge in [-0.15, -0.1) is 0 Å². The highest BCUT2D eigenvalue weighted by atomic mass is 16.2. The average molecular weight is 565 g/mol. The fourth-order valence-corrected chi connectivity index (χ4v) is 5.62. The Balaban J connectivity index is 1.17. The fourth-order valence-electron chi connectivity index (χ4n) is 5.62. The van der Waals surface area contributed by atoms with E-state index in [0.717, 1.165) is 55.4 Å². The summed E-state index contributed by atoms with van der Waals surface area (Å²) in [5.41, 5.74) is 8.02. The Morgan fingerprint density at radius 1 is 0.535 bits per heavy atom. The highest BCUT2D eigenvalue weighted by Gasteiger charge is 2.20. The maximum absolute atomic E-state index is 13.5. The molecule has 2 heterocycles. The Bertz CT molecular complexity index is 1810. The molecule has 0 radical (unpaired) electrons. The van der Waals surface area contributed by atoms with Gasteiger partial charge in [-0.1, -0.05) is 97.1 Å². The predicted molar refractivity (Wildman–Crippen MR) is 173 cm³/mol. The molecule has 0 aliphatic rings. The number of fused-ring (bicyclic) bond motifs is 2. The summed E-state index contributed by atoms with van der Waals surface area (Å²) in [5.74, 6) is -0.300. The number of aromatic nitrogens is 2. The van der Waals surface area contributed by atoms with Gasteiger partial charge in [-0.2, -0.15) is 0 Å². The molecular formula is C37H32N4O2. The van der Waals surface area contributed by atoms with E-state index in [4.69, 9.17) is 9.97 Å². The summed E-state index contributed by atoms with van der Waals surface area (Å²) in [7, 11) is 0. The van der Waals surface area contributed by atoms with Crippen LogP contribution in [0.15, 0.2) is 109 Å². The quantitative estimate of drug-likeness (QED) is 0.190. The summed E-state index contributed by atoms with van der Waals surface area (Å²) in [6.07, 6.45) is 0.582. The van der Waals surface area contributed by atoms with Crippen LogP contribution in [0.3, 0.4) is 0 Å². The number of hydrogen-bond acceptors (Lipinski definition) is 4. The minimum absolute atomic E-state index is 0.150. The van der Waals surface area contributed by atoms with Crippen molar-refractivity contribution >= 4 is 33.6 Å². The lowest BCUT2D eigenvalue weighted by Crippen LogP contribution is -2.31. The van der Waals surface area contributed by atoms with Gasteiger partial charge < -0.3 is 10.6 Å². The second-order valence-electron chi connectivity index (χ2n) is 10.6. The molecule has 0 unspecified atom stereocenters. The number of hydrogen-bond donors (Lipinski definition) is 2. The lowest BCUT2D eigenvalue weighted by molar-refractivity contribution is 0.0953. The van der Waals surface area contributed by atoms with Crippen LogP contribution in [-0.2, 0) is 0 Å². The number of nitrogens with zero attached hydrogens (tertiary/aromatic N) is 2. The Morgan fingerprint density at radius 3 is 1.33 bits per heavy atom. The summed E-state index contributed by atoms with van der Waals surface area (Å²) < 4.78 is 0. The second kappa shape index (κ2) is 12.2. The van der Waals surface area contributed by atoms with Gasteiger partial charge in [0, 0.05) is 35.0 Å². The molecule has 0 aliphatic heterocycles. The number of carbonyl (C=O) groups excluding carboxylic acids is 2. The average Bonchev–Trinajstić information content (AvgIpc) is 3.04. The van der Waals surface area contributed by atoms with Crippen LogP contribution >= 0.6 is 0 Å². The van der Waals surface area contributed by atoms with E-state index in [9.17, 15) is 9.59 Å². The van der Waals surface area contributed by atoms with Crippen LogP contribution in [0.1, 0.15) is 38.3 Å². The molecule has 6 aromatic rings. The molecule has 2 N–H and O–H groups in total. The molecule has 6 heteroatoms. The monoisotopic (exact) mass is 564 g/mol. The zero-order valence-electron chi connectivity index (χ0n) is 24.2. The van der Waals surface area contributed by atoms with Crippen molar-refractivity contribution in [3.8, 4) is 22.5 Å². The minimum Gasteiger partial charge on any atom is -0.352 e. The number of amides is 2. The van der Waals surface area contributed by atoms with Crippen molar-refractivity contribution in [3.63, 3.8) is 0 Å². The minimum atomic E-state index is -0.150. The Hall–Kier alpha value is -5.36. The first kappa shape index (κ1) is 27.8. The molecule has 0 saturated carbocycles. The highest BCUT2D eigenvalue weighted by molar-refractivity contribution is 6.10. The van der Waals surface area contributed by atoms with Crippen molar-refractivity contribution in [2.45, 2.75) is 20.3 Å². The van der Waals surface area contributed by atoms with Gasteiger partial charge in [-0.05, 0) is 43.5 Å². The lowest BCUT2D eigenvalue weighted by atomic mass is 9.97. The summed E-state index contributed by atoms with van der Waals surface area (Å²) in [6, 6.07) is 35.3. The lowest BCUT2D eigenvalue weighted by Gasteiger charge is -2.16. The van der Waals surface area contributed by atoms with E-state index in [2.05, 4.69) is 10.6 Å². The zero-order valence-corrected chi connectivity index (χ0v) is 24.2. The van der Waals surface area contributed by atoms with Crippen LogP contribution in [0.5, 0.6) is 0 Å². The van der Waals surface area contributed by atoms with Gasteiger partial charge in [0.25, 0.3) is 11.8 Å². The van der Waals surface area contributed by atoms with Gasteiger partial charge >= 0.3 is 0 Å². The molecule has 0 atom stereocenters. The Kier molecular flexibility index (Phi) is 7.92. The molecule has 0 bridgehead atoms. The number of benzene rings is 4. The van der Waals surface area contributed by atoms with E-state index < -0.39 is 0 Å². The first-order valence-electron chi connectivity index (χ1n) is 14.5. The van der Waals surface area contributed by atoms with Crippen LogP contribution < -0.4 is 10.6 Å². The van der Waals surface area contributed by atoms with E-state index >= 15 is 0 Å². The normalized spacial score (nSPS) is 11.0. The summed E-state index contributed by atoms with van der Waals surface area (Å²) >= 11 is 0. The summed E-state index contributed by atoms with van der Waals surface area (Å²) in [4.78, 5) is 36.8. The van der Waals surface area contributed by atoms with Crippen LogP contribution in [-0.4, -0.2) is 34.9 Å². The molecule has 0 saturated heterocycles. The summed E-state index contributed by atoms with van der Waals surface area (Å²) in [6.45, 7) is 4.73. The fraction of sp³-hybridized carbons (Fsp3) is 0.135. The predicted octanol–water partition coefficient (Wildman–Crippen LogP) is 7.28. The van der Waals surface area contributed by atoms with E-state index in [1.807, 2.05) is 123 Å². The molecule has 6 rings (SSSR count). The Labute approximate surface area is 250 Å². The van der Waals surface area contributed by atoms with Crippen molar-refractivity contribution < 1.29 is 9.59 Å². The Morgan fingerprint density at radius 2 is 0.907 bits per heavy atom. The van der Waals surface area contributed by atoms with E-state index in [0.29, 0.717) is 30.6 Å². The van der Waals surface area contributed by atoms with Crippen LogP contribution in [0.4, 0.5) is 0 Å². The summed E-state index contributed by atoms with van der Waals surface area (Å²) in [5, 5.41) is 7.77. The first-order valence-corrected chi connectivity index (χ1v) is 14.5. The highest BCUT2D eigenvalue weighted by Crippen LogP contribution is 2.31. The van der Waals surface area contributed by atoms with Gasteiger partial charge in [0.15, 0.2) is 0 Å². The smallest absolute Gasteiger partial charge is 0.252 e. The number of rotatable bonds is 8. The van der Waals surface area contributed by atoms with Crippen LogP contribution in [0.2, 0.25) is 0 Å². The van der Waals surface area contributed by atoms with Gasteiger partial charge in [0.2, 0.25) is 0 Å². The molecule has 2 amide bonds. The third-order valence-corrected chi connectivity index (χ3v) is 7.74. The molecular weight excluding hydrogens is 532 g/mol. The third-order valence-electron chi connectivity index (χ3n) is 7.74. The molecule has 0 spiro atoms. The molecule has 4 aromatic carbocycles. The van der Waals surface area contributed by atoms with Gasteiger partial charge in [-0.25, -0.2) is 9.97 Å². The molecule has 0 aliphatic carbocycles. The SMILES string of the molecule is Cc1c(-c2ccccc2)nc2ccccc2c1C(=O)NCCCNC(=O)c1c(C)c(-c2ccccc2)nc2ccccc12. The molecule has 212 valence electrons. The van der Waals surface area contributed by atoms with Crippen molar-refractivity contribution in [1.82, 2.24) is 20.6 Å². The number of nitrogens with one attached hydrogen (secondary N) is 2. The van der Waals surface area contributed by atoms with Gasteiger partial charge in [0.1, 0.15) is 0 Å². The van der Waals surface area contributed by atoms with E-state index in [1.54, 1.807) is 0 Å². The number of pyridine rings is 2. The van der Waals surface area contributed by atoms with Crippen molar-refractivity contribution in [2.75, 3.05) is 13.1 Å². The van der Waals surface area contributed by atoms with E-state index in [1.165, 1.54) is 0 Å². The van der Waals surface area contributed by atoms with Crippen LogP contribution in [0.25, 0.3) is 44.3 Å². The maximum Gasteiger partial charge on any atom is 0.252 e. The largest absolute Gasteiger partial charge is 0.352 e. The molecule has 43 heavy (non-hydrogen) atoms. The first-order chi connectivity index (χ1) is 21.0. The van der Waals surface area contributed by atoms with E-state index in [-0.39, 0.29) is 11.8 Å². The van der Waals surface area contributed by atoms with Crippen molar-refractivity contribution in [1.29, 1.82) is 0 Å². The molecule has 2 aromatic heterocycles. The van der Waals surface area contributed by atoms with Gasteiger partial charge in [0.05, 0.1) is 33.5 Å².